The Kier molecular flexibility index (Phi) is 4.09. The lowest BCUT2D eigenvalue weighted by Gasteiger charge is -2.15. The van der Waals surface area contributed by atoms with Gasteiger partial charge in [-0.3, -0.25) is 4.79 Å². The average molecular weight is 335 g/mol. The van der Waals surface area contributed by atoms with Crippen LogP contribution in [0.2, 0.25) is 0 Å². The molecule has 0 atom stereocenters. The summed E-state index contributed by atoms with van der Waals surface area (Å²) < 4.78 is 1.83. The van der Waals surface area contributed by atoms with Crippen LogP contribution in [-0.2, 0) is 17.9 Å². The van der Waals surface area contributed by atoms with Crippen molar-refractivity contribution in [2.24, 2.45) is 0 Å². The van der Waals surface area contributed by atoms with Crippen LogP contribution in [-0.4, -0.2) is 31.9 Å². The highest BCUT2D eigenvalue weighted by Crippen LogP contribution is 2.17. The molecule has 1 amide bonds. The van der Waals surface area contributed by atoms with Gasteiger partial charge in [0.05, 0.1) is 5.69 Å². The molecule has 1 fully saturated rings. The van der Waals surface area contributed by atoms with E-state index < -0.39 is 0 Å². The lowest BCUT2D eigenvalue weighted by Crippen LogP contribution is -2.23. The molecule has 0 unspecified atom stereocenters. The normalized spacial score (nSPS) is 14.4. The van der Waals surface area contributed by atoms with Crippen LogP contribution < -0.4 is 5.32 Å². The van der Waals surface area contributed by atoms with Crippen molar-refractivity contribution in [2.45, 2.75) is 32.9 Å². The Labute approximate surface area is 146 Å². The van der Waals surface area contributed by atoms with Crippen molar-refractivity contribution in [3.8, 4) is 0 Å². The Morgan fingerprint density at radius 1 is 1.20 bits per heavy atom. The molecule has 0 radical (unpaired) electrons. The molecule has 1 aliphatic heterocycles. The molecule has 6 nitrogen and oxygen atoms in total. The molecular formula is C19H21N5O. The van der Waals surface area contributed by atoms with Crippen LogP contribution in [0, 0.1) is 6.92 Å². The maximum Gasteiger partial charge on any atom is 0.222 e. The van der Waals surface area contributed by atoms with Crippen molar-refractivity contribution in [1.29, 1.82) is 0 Å². The van der Waals surface area contributed by atoms with Crippen LogP contribution in [0.4, 0.5) is 5.82 Å². The average Bonchev–Trinajstić information content (AvgIpc) is 3.19. The zero-order valence-electron chi connectivity index (χ0n) is 14.3. The summed E-state index contributed by atoms with van der Waals surface area (Å²) in [7, 11) is 0. The minimum Gasteiger partial charge on any atom is -0.364 e. The minimum absolute atomic E-state index is 0.265. The topological polar surface area (TPSA) is 62.5 Å². The van der Waals surface area contributed by atoms with Crippen LogP contribution in [0.25, 0.3) is 5.52 Å². The van der Waals surface area contributed by atoms with Gasteiger partial charge in [-0.15, -0.1) is 0 Å². The van der Waals surface area contributed by atoms with E-state index in [4.69, 9.17) is 0 Å². The highest BCUT2D eigenvalue weighted by Gasteiger charge is 2.19. The predicted octanol–water partition coefficient (Wildman–Crippen LogP) is 2.77. The largest absolute Gasteiger partial charge is 0.364 e. The van der Waals surface area contributed by atoms with Crippen LogP contribution in [0.1, 0.15) is 29.7 Å². The third kappa shape index (κ3) is 3.33. The SMILES string of the molecule is Cc1cc2c(NCc3ccc(CN4CCCC4=O)cc3)nccn2n1. The molecule has 2 aromatic heterocycles. The third-order valence-corrected chi connectivity index (χ3v) is 4.54. The Hall–Kier alpha value is -2.89. The Balaban J connectivity index is 1.41. The van der Waals surface area contributed by atoms with E-state index in [1.165, 1.54) is 11.1 Å². The summed E-state index contributed by atoms with van der Waals surface area (Å²) in [6, 6.07) is 10.4. The summed E-state index contributed by atoms with van der Waals surface area (Å²) in [5.74, 6) is 1.09. The number of aryl methyl sites for hydroxylation is 1. The van der Waals surface area contributed by atoms with E-state index >= 15 is 0 Å². The number of nitrogens with one attached hydrogen (secondary N) is 1. The van der Waals surface area contributed by atoms with E-state index in [0.717, 1.165) is 30.0 Å². The second kappa shape index (κ2) is 6.55. The standard InChI is InChI=1S/C19H21N5O/c1-14-11-17-19(20-8-10-24(17)22-14)21-12-15-4-6-16(7-5-15)13-23-9-2-3-18(23)25/h4-8,10-11H,2-3,9,12-13H2,1H3,(H,20,21). The van der Waals surface area contributed by atoms with Crippen molar-refractivity contribution in [3.05, 3.63) is 59.5 Å². The van der Waals surface area contributed by atoms with E-state index in [-0.39, 0.29) is 5.91 Å². The fourth-order valence-corrected chi connectivity index (χ4v) is 3.22. The van der Waals surface area contributed by atoms with Gasteiger partial charge in [-0.25, -0.2) is 9.50 Å². The minimum atomic E-state index is 0.265. The molecule has 1 aliphatic rings. The first-order chi connectivity index (χ1) is 12.2. The fourth-order valence-electron chi connectivity index (χ4n) is 3.22. The third-order valence-electron chi connectivity index (χ3n) is 4.54. The number of carbonyl (C=O) groups is 1. The molecule has 1 aromatic carbocycles. The fraction of sp³-hybridized carbons (Fsp3) is 0.316. The number of likely N-dealkylation sites (tertiary alicyclic amines) is 1. The number of amides is 1. The number of rotatable bonds is 5. The van der Waals surface area contributed by atoms with E-state index in [2.05, 4.69) is 39.7 Å². The number of fused-ring (bicyclic) bond motifs is 1. The number of anilines is 1. The molecule has 0 spiro atoms. The Morgan fingerprint density at radius 2 is 2.00 bits per heavy atom. The summed E-state index contributed by atoms with van der Waals surface area (Å²) in [4.78, 5) is 18.1. The van der Waals surface area contributed by atoms with Gasteiger partial charge in [0.1, 0.15) is 5.52 Å². The molecule has 3 aromatic rings. The van der Waals surface area contributed by atoms with E-state index in [9.17, 15) is 4.79 Å². The quantitative estimate of drug-likeness (QED) is 0.779. The van der Waals surface area contributed by atoms with Gasteiger partial charge in [-0.1, -0.05) is 24.3 Å². The second-order valence-electron chi connectivity index (χ2n) is 6.48. The Morgan fingerprint density at radius 3 is 2.76 bits per heavy atom. The first-order valence-electron chi connectivity index (χ1n) is 8.59. The van der Waals surface area contributed by atoms with Crippen LogP contribution in [0.15, 0.2) is 42.7 Å². The highest BCUT2D eigenvalue weighted by atomic mass is 16.2. The monoisotopic (exact) mass is 335 g/mol. The van der Waals surface area contributed by atoms with E-state index in [1.807, 2.05) is 28.6 Å². The molecule has 3 heterocycles. The first-order valence-corrected chi connectivity index (χ1v) is 8.59. The zero-order valence-corrected chi connectivity index (χ0v) is 14.3. The maximum absolute atomic E-state index is 11.7. The summed E-state index contributed by atoms with van der Waals surface area (Å²) in [6.45, 7) is 4.26. The Bertz CT molecular complexity index is 900. The van der Waals surface area contributed by atoms with Crippen LogP contribution in [0.3, 0.4) is 0 Å². The molecule has 128 valence electrons. The number of nitrogens with zero attached hydrogens (tertiary/aromatic N) is 4. The van der Waals surface area contributed by atoms with Gasteiger partial charge < -0.3 is 10.2 Å². The van der Waals surface area contributed by atoms with Crippen molar-refractivity contribution in [3.63, 3.8) is 0 Å². The lowest BCUT2D eigenvalue weighted by molar-refractivity contribution is -0.128. The molecule has 4 rings (SSSR count). The van der Waals surface area contributed by atoms with Crippen molar-refractivity contribution >= 4 is 17.2 Å². The van der Waals surface area contributed by atoms with Gasteiger partial charge in [0.2, 0.25) is 5.91 Å². The number of hydrogen-bond donors (Lipinski definition) is 1. The van der Waals surface area contributed by atoms with Crippen LogP contribution in [0.5, 0.6) is 0 Å². The maximum atomic E-state index is 11.7. The van der Waals surface area contributed by atoms with Gasteiger partial charge in [0.15, 0.2) is 5.82 Å². The van der Waals surface area contributed by atoms with Crippen molar-refractivity contribution in [2.75, 3.05) is 11.9 Å². The van der Waals surface area contributed by atoms with Gasteiger partial charge in [0, 0.05) is 38.4 Å². The summed E-state index contributed by atoms with van der Waals surface area (Å²) >= 11 is 0. The van der Waals surface area contributed by atoms with Gasteiger partial charge in [0.25, 0.3) is 0 Å². The molecule has 1 saturated heterocycles. The van der Waals surface area contributed by atoms with E-state index in [0.29, 0.717) is 19.5 Å². The predicted molar refractivity (Wildman–Crippen MR) is 96.1 cm³/mol. The van der Waals surface area contributed by atoms with Crippen molar-refractivity contribution in [1.82, 2.24) is 19.5 Å². The molecule has 6 heteroatoms. The highest BCUT2D eigenvalue weighted by molar-refractivity contribution is 5.78. The number of carbonyl (C=O) groups excluding carboxylic acids is 1. The molecular weight excluding hydrogens is 314 g/mol. The number of hydrogen-bond acceptors (Lipinski definition) is 4. The van der Waals surface area contributed by atoms with Gasteiger partial charge >= 0.3 is 0 Å². The van der Waals surface area contributed by atoms with E-state index in [1.54, 1.807) is 6.20 Å². The molecule has 0 saturated carbocycles. The first kappa shape index (κ1) is 15.6. The molecule has 25 heavy (non-hydrogen) atoms. The molecule has 0 bridgehead atoms. The molecule has 0 aliphatic carbocycles. The number of aromatic nitrogens is 3. The lowest BCUT2D eigenvalue weighted by atomic mass is 10.1. The number of benzene rings is 1. The zero-order chi connectivity index (χ0) is 17.2. The van der Waals surface area contributed by atoms with Gasteiger partial charge in [-0.2, -0.15) is 5.10 Å². The van der Waals surface area contributed by atoms with Crippen molar-refractivity contribution < 1.29 is 4.79 Å². The summed E-state index contributed by atoms with van der Waals surface area (Å²) in [5, 5.41) is 7.78. The van der Waals surface area contributed by atoms with Crippen LogP contribution >= 0.6 is 0 Å². The van der Waals surface area contributed by atoms with Gasteiger partial charge in [-0.05, 0) is 30.5 Å². The molecule has 1 N–H and O–H groups in total. The smallest absolute Gasteiger partial charge is 0.222 e. The second-order valence-corrected chi connectivity index (χ2v) is 6.48. The summed E-state index contributed by atoms with van der Waals surface area (Å²) in [5.41, 5.74) is 4.29. The summed E-state index contributed by atoms with van der Waals surface area (Å²) in [6.07, 6.45) is 5.27.